The molecule has 0 atom stereocenters. The Labute approximate surface area is 76.2 Å². The van der Waals surface area contributed by atoms with Gasteiger partial charge in [-0.1, -0.05) is 38.2 Å². The van der Waals surface area contributed by atoms with Gasteiger partial charge in [0.25, 0.3) is 0 Å². The molecular formula is C10H16NSi. The number of hydrogen-bond acceptors (Lipinski definition) is 1. The summed E-state index contributed by atoms with van der Waals surface area (Å²) < 4.78 is 0. The first kappa shape index (κ1) is 9.33. The molecule has 1 aromatic carbocycles. The molecule has 0 aliphatic heterocycles. The average molecular weight is 178 g/mol. The van der Waals surface area contributed by atoms with Crippen LogP contribution in [-0.4, -0.2) is 8.80 Å². The second-order valence-electron chi connectivity index (χ2n) is 3.23. The monoisotopic (exact) mass is 178 g/mol. The van der Waals surface area contributed by atoms with Crippen LogP contribution in [0.15, 0.2) is 18.2 Å². The SMILES string of the molecule is CCc1cccc([Si](C)C)c1N. The maximum Gasteiger partial charge on any atom is 0.0819 e. The van der Waals surface area contributed by atoms with E-state index in [0.29, 0.717) is 0 Å². The zero-order valence-electron chi connectivity index (χ0n) is 8.02. The topological polar surface area (TPSA) is 26.0 Å². The molecule has 0 aliphatic rings. The zero-order valence-corrected chi connectivity index (χ0v) is 9.02. The Morgan fingerprint density at radius 1 is 1.33 bits per heavy atom. The lowest BCUT2D eigenvalue weighted by Crippen LogP contribution is -2.26. The molecule has 0 aliphatic carbocycles. The summed E-state index contributed by atoms with van der Waals surface area (Å²) in [6.45, 7) is 6.69. The molecule has 65 valence electrons. The molecule has 1 radical (unpaired) electrons. The van der Waals surface area contributed by atoms with E-state index in [-0.39, 0.29) is 0 Å². The molecule has 0 saturated heterocycles. The number of para-hydroxylation sites is 1. The average Bonchev–Trinajstić information content (AvgIpc) is 2.04. The van der Waals surface area contributed by atoms with Crippen LogP contribution >= 0.6 is 0 Å². The Kier molecular flexibility index (Phi) is 2.92. The van der Waals surface area contributed by atoms with E-state index in [1.165, 1.54) is 10.8 Å². The van der Waals surface area contributed by atoms with Crippen molar-refractivity contribution < 1.29 is 0 Å². The van der Waals surface area contributed by atoms with Crippen LogP contribution in [0.25, 0.3) is 0 Å². The van der Waals surface area contributed by atoms with Gasteiger partial charge in [-0.25, -0.2) is 0 Å². The maximum atomic E-state index is 6.02. The van der Waals surface area contributed by atoms with Crippen molar-refractivity contribution in [1.29, 1.82) is 0 Å². The number of hydrogen-bond donors (Lipinski definition) is 1. The van der Waals surface area contributed by atoms with E-state index in [1.54, 1.807) is 0 Å². The van der Waals surface area contributed by atoms with E-state index in [0.717, 1.165) is 12.1 Å². The van der Waals surface area contributed by atoms with Gasteiger partial charge < -0.3 is 5.73 Å². The minimum absolute atomic E-state index is 0.399. The molecule has 0 saturated carbocycles. The fourth-order valence-electron chi connectivity index (χ4n) is 1.36. The Morgan fingerprint density at radius 3 is 2.50 bits per heavy atom. The fourth-order valence-corrected chi connectivity index (χ4v) is 2.49. The molecule has 0 fully saturated rings. The van der Waals surface area contributed by atoms with Crippen LogP contribution in [0.4, 0.5) is 5.69 Å². The van der Waals surface area contributed by atoms with E-state index >= 15 is 0 Å². The van der Waals surface area contributed by atoms with Crippen molar-refractivity contribution in [3.63, 3.8) is 0 Å². The van der Waals surface area contributed by atoms with Crippen LogP contribution in [0.2, 0.25) is 13.1 Å². The number of rotatable bonds is 2. The van der Waals surface area contributed by atoms with Crippen LogP contribution in [0.3, 0.4) is 0 Å². The highest BCUT2D eigenvalue weighted by Gasteiger charge is 2.07. The lowest BCUT2D eigenvalue weighted by Gasteiger charge is -2.11. The van der Waals surface area contributed by atoms with Crippen molar-refractivity contribution in [2.75, 3.05) is 5.73 Å². The first-order valence-electron chi connectivity index (χ1n) is 4.34. The number of nitrogen functional groups attached to an aromatic ring is 1. The lowest BCUT2D eigenvalue weighted by molar-refractivity contribution is 1.15. The summed E-state index contributed by atoms with van der Waals surface area (Å²) in [5.41, 5.74) is 8.34. The Balaban J connectivity index is 3.14. The fraction of sp³-hybridized carbons (Fsp3) is 0.400. The lowest BCUT2D eigenvalue weighted by atomic mass is 10.1. The molecule has 0 heterocycles. The second-order valence-corrected chi connectivity index (χ2v) is 5.77. The minimum atomic E-state index is -0.399. The minimum Gasteiger partial charge on any atom is -0.399 e. The molecule has 1 rings (SSSR count). The normalized spacial score (nSPS) is 10.7. The highest BCUT2D eigenvalue weighted by molar-refractivity contribution is 6.72. The van der Waals surface area contributed by atoms with Gasteiger partial charge in [0.2, 0.25) is 0 Å². The smallest absolute Gasteiger partial charge is 0.0819 e. The highest BCUT2D eigenvalue weighted by atomic mass is 28.3. The third kappa shape index (κ3) is 1.69. The second kappa shape index (κ2) is 3.76. The van der Waals surface area contributed by atoms with Crippen molar-refractivity contribution in [3.05, 3.63) is 23.8 Å². The molecule has 0 aromatic heterocycles. The van der Waals surface area contributed by atoms with Gasteiger partial charge in [0.1, 0.15) is 0 Å². The Hall–Kier alpha value is -0.763. The predicted octanol–water partition coefficient (Wildman–Crippen LogP) is 1.79. The van der Waals surface area contributed by atoms with E-state index in [4.69, 9.17) is 5.73 Å². The van der Waals surface area contributed by atoms with Gasteiger partial charge >= 0.3 is 0 Å². The van der Waals surface area contributed by atoms with Gasteiger partial charge in [-0.15, -0.1) is 0 Å². The third-order valence-corrected chi connectivity index (χ3v) is 3.63. The van der Waals surface area contributed by atoms with Gasteiger partial charge in [-0.2, -0.15) is 0 Å². The van der Waals surface area contributed by atoms with Crippen molar-refractivity contribution in [2.24, 2.45) is 0 Å². The van der Waals surface area contributed by atoms with Gasteiger partial charge in [0.05, 0.1) is 8.80 Å². The summed E-state index contributed by atoms with van der Waals surface area (Å²) in [6.07, 6.45) is 1.04. The molecule has 1 nitrogen and oxygen atoms in total. The largest absolute Gasteiger partial charge is 0.399 e. The summed E-state index contributed by atoms with van der Waals surface area (Å²) in [5.74, 6) is 0. The van der Waals surface area contributed by atoms with Gasteiger partial charge in [0.15, 0.2) is 0 Å². The van der Waals surface area contributed by atoms with E-state index in [9.17, 15) is 0 Å². The highest BCUT2D eigenvalue weighted by Crippen LogP contribution is 2.09. The number of aryl methyl sites for hydroxylation is 1. The summed E-state index contributed by atoms with van der Waals surface area (Å²) in [4.78, 5) is 0. The predicted molar refractivity (Wildman–Crippen MR) is 57.3 cm³/mol. The van der Waals surface area contributed by atoms with E-state index in [2.05, 4.69) is 38.2 Å². The first-order chi connectivity index (χ1) is 5.66. The van der Waals surface area contributed by atoms with Crippen molar-refractivity contribution in [2.45, 2.75) is 26.4 Å². The quantitative estimate of drug-likeness (QED) is 0.542. The molecule has 0 unspecified atom stereocenters. The van der Waals surface area contributed by atoms with E-state index in [1.807, 2.05) is 0 Å². The summed E-state index contributed by atoms with van der Waals surface area (Å²) in [6, 6.07) is 6.38. The molecule has 2 heteroatoms. The molecule has 0 bridgehead atoms. The summed E-state index contributed by atoms with van der Waals surface area (Å²) in [5, 5.41) is 1.37. The van der Waals surface area contributed by atoms with Gasteiger partial charge in [0, 0.05) is 5.69 Å². The van der Waals surface area contributed by atoms with Crippen LogP contribution < -0.4 is 10.9 Å². The Morgan fingerprint density at radius 2 is 2.00 bits per heavy atom. The number of anilines is 1. The standard InChI is InChI=1S/C10H16NSi/c1-4-8-6-5-7-9(10(8)11)12(2)3/h5-7H,4,11H2,1-3H3. The van der Waals surface area contributed by atoms with Crippen LogP contribution in [0, 0.1) is 0 Å². The van der Waals surface area contributed by atoms with Crippen LogP contribution in [-0.2, 0) is 6.42 Å². The van der Waals surface area contributed by atoms with E-state index < -0.39 is 8.80 Å². The van der Waals surface area contributed by atoms with Crippen molar-refractivity contribution >= 4 is 19.7 Å². The van der Waals surface area contributed by atoms with Crippen LogP contribution in [0.1, 0.15) is 12.5 Å². The first-order valence-corrected chi connectivity index (χ1v) is 6.84. The molecule has 1 aromatic rings. The zero-order chi connectivity index (χ0) is 9.14. The molecule has 0 amide bonds. The van der Waals surface area contributed by atoms with Crippen LogP contribution in [0.5, 0.6) is 0 Å². The number of nitrogens with two attached hydrogens (primary N) is 1. The molecule has 12 heavy (non-hydrogen) atoms. The van der Waals surface area contributed by atoms with Crippen molar-refractivity contribution in [3.8, 4) is 0 Å². The molecular weight excluding hydrogens is 162 g/mol. The Bertz CT molecular complexity index is 269. The van der Waals surface area contributed by atoms with Gasteiger partial charge in [-0.3, -0.25) is 0 Å². The third-order valence-electron chi connectivity index (χ3n) is 2.12. The van der Waals surface area contributed by atoms with Gasteiger partial charge in [-0.05, 0) is 17.2 Å². The summed E-state index contributed by atoms with van der Waals surface area (Å²) >= 11 is 0. The maximum absolute atomic E-state index is 6.02. The van der Waals surface area contributed by atoms with Crippen molar-refractivity contribution in [1.82, 2.24) is 0 Å². The molecule has 0 spiro atoms. The number of benzene rings is 1. The summed E-state index contributed by atoms with van der Waals surface area (Å²) in [7, 11) is -0.399. The molecule has 2 N–H and O–H groups in total.